The average Bonchev–Trinajstić information content (AvgIpc) is 2.57. The minimum absolute atomic E-state index is 0.194. The minimum Gasteiger partial charge on any atom is -0.277 e. The Bertz CT molecular complexity index is 424. The van der Waals surface area contributed by atoms with E-state index in [1.54, 1.807) is 12.1 Å². The number of aryl methyl sites for hydroxylation is 1. The lowest BCUT2D eigenvalue weighted by Gasteiger charge is -2.02. The quantitative estimate of drug-likeness (QED) is 0.680. The number of hydrogen-bond donors (Lipinski definition) is 0. The molecule has 2 rings (SSSR count). The third kappa shape index (κ3) is 1.85. The maximum absolute atomic E-state index is 11.6. The largest absolute Gasteiger partial charge is 0.277 e. The zero-order chi connectivity index (χ0) is 12.3. The molecule has 0 spiro atoms. The normalized spacial score (nSPS) is 13.4. The van der Waals surface area contributed by atoms with Crippen molar-refractivity contribution in [1.82, 2.24) is 4.90 Å². The van der Waals surface area contributed by atoms with Crippen molar-refractivity contribution in [2.45, 2.75) is 27.2 Å². The van der Waals surface area contributed by atoms with Crippen LogP contribution in [0.25, 0.3) is 0 Å². The first-order valence-electron chi connectivity index (χ1n) is 5.60. The highest BCUT2D eigenvalue weighted by molar-refractivity contribution is 6.21. The Morgan fingerprint density at radius 2 is 1.62 bits per heavy atom. The topological polar surface area (TPSA) is 37.4 Å². The van der Waals surface area contributed by atoms with E-state index in [-0.39, 0.29) is 11.8 Å². The van der Waals surface area contributed by atoms with Gasteiger partial charge in [0.15, 0.2) is 0 Å². The van der Waals surface area contributed by atoms with Crippen LogP contribution in [0.3, 0.4) is 0 Å². The smallest absolute Gasteiger partial charge is 0.261 e. The van der Waals surface area contributed by atoms with Crippen LogP contribution in [0.4, 0.5) is 0 Å². The minimum atomic E-state index is -0.201. The van der Waals surface area contributed by atoms with Crippen molar-refractivity contribution in [2.75, 3.05) is 7.05 Å². The molecule has 3 heteroatoms. The van der Waals surface area contributed by atoms with Crippen LogP contribution in [-0.4, -0.2) is 23.8 Å². The predicted molar refractivity (Wildman–Crippen MR) is 63.6 cm³/mol. The fourth-order valence-corrected chi connectivity index (χ4v) is 1.63. The highest BCUT2D eigenvalue weighted by Gasteiger charge is 2.32. The summed E-state index contributed by atoms with van der Waals surface area (Å²) < 4.78 is 0. The fourth-order valence-electron chi connectivity index (χ4n) is 1.63. The van der Waals surface area contributed by atoms with E-state index in [9.17, 15) is 9.59 Å². The van der Waals surface area contributed by atoms with Crippen molar-refractivity contribution in [1.29, 1.82) is 0 Å². The summed E-state index contributed by atoms with van der Waals surface area (Å²) >= 11 is 0. The molecule has 0 unspecified atom stereocenters. The lowest BCUT2D eigenvalue weighted by molar-refractivity contribution is 0.0693. The molecule has 0 bridgehead atoms. The van der Waals surface area contributed by atoms with Gasteiger partial charge < -0.3 is 0 Å². The third-order valence-corrected chi connectivity index (χ3v) is 2.56. The van der Waals surface area contributed by atoms with Crippen molar-refractivity contribution in [2.24, 2.45) is 0 Å². The molecule has 1 heterocycles. The molecule has 0 aliphatic carbocycles. The SMILES string of the molecule is CC.CCc1ccc2c(c1)C(=O)N(C)C2=O. The molecule has 0 aromatic heterocycles. The zero-order valence-electron chi connectivity index (χ0n) is 10.2. The van der Waals surface area contributed by atoms with Crippen LogP contribution < -0.4 is 0 Å². The monoisotopic (exact) mass is 219 g/mol. The average molecular weight is 219 g/mol. The van der Waals surface area contributed by atoms with E-state index in [1.165, 1.54) is 7.05 Å². The Balaban J connectivity index is 0.000000606. The summed E-state index contributed by atoms with van der Waals surface area (Å²) in [5.74, 6) is -0.395. The van der Waals surface area contributed by atoms with Crippen LogP contribution in [0, 0.1) is 0 Å². The molecular weight excluding hydrogens is 202 g/mol. The van der Waals surface area contributed by atoms with Gasteiger partial charge in [-0.15, -0.1) is 0 Å². The second kappa shape index (κ2) is 4.92. The van der Waals surface area contributed by atoms with Gasteiger partial charge in [-0.25, -0.2) is 0 Å². The Kier molecular flexibility index (Phi) is 3.82. The first kappa shape index (κ1) is 12.4. The molecule has 0 radical (unpaired) electrons. The van der Waals surface area contributed by atoms with Crippen molar-refractivity contribution in [3.8, 4) is 0 Å². The van der Waals surface area contributed by atoms with Gasteiger partial charge in [-0.2, -0.15) is 0 Å². The van der Waals surface area contributed by atoms with Crippen LogP contribution in [-0.2, 0) is 6.42 Å². The molecule has 2 amide bonds. The van der Waals surface area contributed by atoms with E-state index in [1.807, 2.05) is 26.8 Å². The van der Waals surface area contributed by atoms with Crippen LogP contribution in [0.2, 0.25) is 0 Å². The number of fused-ring (bicyclic) bond motifs is 1. The summed E-state index contributed by atoms with van der Waals surface area (Å²) in [5, 5.41) is 0. The molecule has 1 aromatic rings. The van der Waals surface area contributed by atoms with E-state index in [0.717, 1.165) is 16.9 Å². The number of imide groups is 1. The molecule has 0 atom stereocenters. The maximum atomic E-state index is 11.6. The van der Waals surface area contributed by atoms with E-state index < -0.39 is 0 Å². The van der Waals surface area contributed by atoms with Gasteiger partial charge in [0.25, 0.3) is 11.8 Å². The highest BCUT2D eigenvalue weighted by atomic mass is 16.2. The molecule has 0 saturated carbocycles. The zero-order valence-corrected chi connectivity index (χ0v) is 10.2. The lowest BCUT2D eigenvalue weighted by Crippen LogP contribution is -2.24. The standard InChI is InChI=1S/C11H11NO2.C2H6/c1-3-7-4-5-8-9(6-7)11(14)12(2)10(8)13;1-2/h4-6H,3H2,1-2H3;1-2H3. The Morgan fingerprint density at radius 1 is 1.06 bits per heavy atom. The molecule has 16 heavy (non-hydrogen) atoms. The van der Waals surface area contributed by atoms with E-state index >= 15 is 0 Å². The molecule has 3 nitrogen and oxygen atoms in total. The number of amides is 2. The van der Waals surface area contributed by atoms with Crippen molar-refractivity contribution >= 4 is 11.8 Å². The van der Waals surface area contributed by atoms with E-state index in [2.05, 4.69) is 0 Å². The van der Waals surface area contributed by atoms with Gasteiger partial charge >= 0.3 is 0 Å². The summed E-state index contributed by atoms with van der Waals surface area (Å²) in [6.07, 6.45) is 0.873. The summed E-state index contributed by atoms with van der Waals surface area (Å²) in [4.78, 5) is 24.2. The second-order valence-corrected chi connectivity index (χ2v) is 3.40. The van der Waals surface area contributed by atoms with Crippen molar-refractivity contribution in [3.63, 3.8) is 0 Å². The fraction of sp³-hybridized carbons (Fsp3) is 0.385. The first-order chi connectivity index (χ1) is 7.65. The van der Waals surface area contributed by atoms with Gasteiger partial charge in [0, 0.05) is 7.05 Å². The molecule has 1 aliphatic heterocycles. The van der Waals surface area contributed by atoms with Crippen LogP contribution in [0.15, 0.2) is 18.2 Å². The number of carbonyl (C=O) groups excluding carboxylic acids is 2. The Hall–Kier alpha value is -1.64. The molecule has 86 valence electrons. The number of carbonyl (C=O) groups is 2. The summed E-state index contributed by atoms with van der Waals surface area (Å²) in [5.41, 5.74) is 2.15. The van der Waals surface area contributed by atoms with Crippen molar-refractivity contribution < 1.29 is 9.59 Å². The van der Waals surface area contributed by atoms with Crippen LogP contribution >= 0.6 is 0 Å². The van der Waals surface area contributed by atoms with Gasteiger partial charge in [0.05, 0.1) is 11.1 Å². The molecule has 1 aliphatic rings. The molecule has 0 fully saturated rings. The number of rotatable bonds is 1. The number of benzene rings is 1. The first-order valence-corrected chi connectivity index (χ1v) is 5.60. The Labute approximate surface area is 96.1 Å². The third-order valence-electron chi connectivity index (χ3n) is 2.56. The van der Waals surface area contributed by atoms with Gasteiger partial charge in [0.1, 0.15) is 0 Å². The lowest BCUT2D eigenvalue weighted by atomic mass is 10.0. The Morgan fingerprint density at radius 3 is 2.19 bits per heavy atom. The summed E-state index contributed by atoms with van der Waals surface area (Å²) in [6, 6.07) is 5.43. The molecule has 0 saturated heterocycles. The molecular formula is C13H17NO2. The number of hydrogen-bond acceptors (Lipinski definition) is 2. The van der Waals surface area contributed by atoms with Crippen LogP contribution in [0.1, 0.15) is 47.1 Å². The van der Waals surface area contributed by atoms with Gasteiger partial charge in [-0.1, -0.05) is 26.8 Å². The van der Waals surface area contributed by atoms with E-state index in [4.69, 9.17) is 0 Å². The van der Waals surface area contributed by atoms with E-state index in [0.29, 0.717) is 11.1 Å². The second-order valence-electron chi connectivity index (χ2n) is 3.40. The highest BCUT2D eigenvalue weighted by Crippen LogP contribution is 2.22. The van der Waals surface area contributed by atoms with Gasteiger partial charge in [-0.05, 0) is 24.1 Å². The number of nitrogens with zero attached hydrogens (tertiary/aromatic N) is 1. The van der Waals surface area contributed by atoms with Gasteiger partial charge in [-0.3, -0.25) is 14.5 Å². The maximum Gasteiger partial charge on any atom is 0.261 e. The van der Waals surface area contributed by atoms with Crippen LogP contribution in [0.5, 0.6) is 0 Å². The van der Waals surface area contributed by atoms with Crippen molar-refractivity contribution in [3.05, 3.63) is 34.9 Å². The summed E-state index contributed by atoms with van der Waals surface area (Å²) in [7, 11) is 1.51. The molecule has 1 aromatic carbocycles. The summed E-state index contributed by atoms with van der Waals surface area (Å²) in [6.45, 7) is 6.02. The predicted octanol–water partition coefficient (Wildman–Crippen LogP) is 2.50. The van der Waals surface area contributed by atoms with Gasteiger partial charge in [0.2, 0.25) is 0 Å². The molecule has 0 N–H and O–H groups in total.